The van der Waals surface area contributed by atoms with Crippen molar-refractivity contribution in [1.82, 2.24) is 4.90 Å². The standard InChI is InChI=1S/C22H27NO/c1-24-20-9-10-21-19(16-20)8-5-11-22(21)12-14-23(15-13-22)17-18-6-3-2-4-7-18/h2-4,6-7,9-10,16H,5,8,11-15,17H2,1H3. The Balaban J connectivity index is 1.49. The van der Waals surface area contributed by atoms with Crippen LogP contribution in [-0.2, 0) is 18.4 Å². The predicted octanol–water partition coefficient (Wildman–Crippen LogP) is 4.57. The lowest BCUT2D eigenvalue weighted by Crippen LogP contribution is -2.44. The molecule has 126 valence electrons. The van der Waals surface area contributed by atoms with Gasteiger partial charge in [0.15, 0.2) is 0 Å². The Hall–Kier alpha value is -1.80. The molecule has 2 nitrogen and oxygen atoms in total. The highest BCUT2D eigenvalue weighted by Crippen LogP contribution is 2.45. The van der Waals surface area contributed by atoms with Crippen LogP contribution in [0.15, 0.2) is 48.5 Å². The molecule has 0 saturated carbocycles. The highest BCUT2D eigenvalue weighted by atomic mass is 16.5. The van der Waals surface area contributed by atoms with Gasteiger partial charge in [-0.15, -0.1) is 0 Å². The van der Waals surface area contributed by atoms with Gasteiger partial charge < -0.3 is 4.74 Å². The SMILES string of the molecule is COc1ccc2c(c1)CCCC21CCN(Cc2ccccc2)CC1. The molecule has 24 heavy (non-hydrogen) atoms. The molecule has 1 saturated heterocycles. The number of piperidine rings is 1. The number of aryl methyl sites for hydroxylation is 1. The number of nitrogens with zero attached hydrogens (tertiary/aromatic N) is 1. The Morgan fingerprint density at radius 1 is 1.00 bits per heavy atom. The number of rotatable bonds is 3. The van der Waals surface area contributed by atoms with E-state index >= 15 is 0 Å². The first-order chi connectivity index (χ1) is 11.8. The number of hydrogen-bond donors (Lipinski definition) is 0. The molecule has 0 bridgehead atoms. The molecule has 2 heteroatoms. The van der Waals surface area contributed by atoms with Gasteiger partial charge in [0.2, 0.25) is 0 Å². The van der Waals surface area contributed by atoms with Gasteiger partial charge in [-0.3, -0.25) is 4.90 Å². The minimum Gasteiger partial charge on any atom is -0.497 e. The summed E-state index contributed by atoms with van der Waals surface area (Å²) in [6.45, 7) is 3.51. The van der Waals surface area contributed by atoms with Crippen LogP contribution in [0.25, 0.3) is 0 Å². The van der Waals surface area contributed by atoms with Crippen LogP contribution in [0.3, 0.4) is 0 Å². The van der Waals surface area contributed by atoms with Gasteiger partial charge in [-0.2, -0.15) is 0 Å². The summed E-state index contributed by atoms with van der Waals surface area (Å²) in [5.74, 6) is 1.01. The van der Waals surface area contributed by atoms with E-state index in [2.05, 4.69) is 53.4 Å². The fraction of sp³-hybridized carbons (Fsp3) is 0.455. The molecule has 1 heterocycles. The van der Waals surface area contributed by atoms with E-state index in [1.165, 1.54) is 56.3 Å². The van der Waals surface area contributed by atoms with Gasteiger partial charge >= 0.3 is 0 Å². The maximum atomic E-state index is 5.43. The Morgan fingerprint density at radius 2 is 1.79 bits per heavy atom. The maximum Gasteiger partial charge on any atom is 0.119 e. The zero-order chi connectivity index (χ0) is 16.4. The van der Waals surface area contributed by atoms with Crippen molar-refractivity contribution in [2.75, 3.05) is 20.2 Å². The first-order valence-corrected chi connectivity index (χ1v) is 9.23. The summed E-state index contributed by atoms with van der Waals surface area (Å²) in [6.07, 6.45) is 6.46. The summed E-state index contributed by atoms with van der Waals surface area (Å²) in [6, 6.07) is 17.6. The Morgan fingerprint density at radius 3 is 2.54 bits per heavy atom. The van der Waals surface area contributed by atoms with E-state index in [9.17, 15) is 0 Å². The zero-order valence-corrected chi connectivity index (χ0v) is 14.6. The van der Waals surface area contributed by atoms with Crippen molar-refractivity contribution >= 4 is 0 Å². The molecule has 0 aromatic heterocycles. The molecule has 0 unspecified atom stereocenters. The lowest BCUT2D eigenvalue weighted by Gasteiger charge is -2.45. The molecule has 2 aliphatic rings. The van der Waals surface area contributed by atoms with Gasteiger partial charge in [-0.05, 0) is 79.4 Å². The van der Waals surface area contributed by atoms with E-state index in [-0.39, 0.29) is 0 Å². The van der Waals surface area contributed by atoms with Gasteiger partial charge in [0.05, 0.1) is 7.11 Å². The summed E-state index contributed by atoms with van der Waals surface area (Å²) < 4.78 is 5.43. The van der Waals surface area contributed by atoms with Crippen molar-refractivity contribution in [3.05, 3.63) is 65.2 Å². The van der Waals surface area contributed by atoms with Crippen LogP contribution in [-0.4, -0.2) is 25.1 Å². The highest BCUT2D eigenvalue weighted by molar-refractivity contribution is 5.42. The molecule has 0 amide bonds. The minimum atomic E-state index is 0.410. The average Bonchev–Trinajstić information content (AvgIpc) is 2.64. The van der Waals surface area contributed by atoms with Gasteiger partial charge in [-0.25, -0.2) is 0 Å². The number of methoxy groups -OCH3 is 1. The molecule has 0 atom stereocenters. The number of fused-ring (bicyclic) bond motifs is 2. The van der Waals surface area contributed by atoms with Crippen LogP contribution < -0.4 is 4.74 Å². The number of hydrogen-bond acceptors (Lipinski definition) is 2. The van der Waals surface area contributed by atoms with Crippen molar-refractivity contribution in [1.29, 1.82) is 0 Å². The largest absolute Gasteiger partial charge is 0.497 e. The second-order valence-corrected chi connectivity index (χ2v) is 7.42. The van der Waals surface area contributed by atoms with Crippen LogP contribution in [0.2, 0.25) is 0 Å². The number of benzene rings is 2. The average molecular weight is 321 g/mol. The molecule has 0 N–H and O–H groups in total. The highest BCUT2D eigenvalue weighted by Gasteiger charge is 2.39. The van der Waals surface area contributed by atoms with E-state index in [1.54, 1.807) is 12.7 Å². The van der Waals surface area contributed by atoms with Crippen molar-refractivity contribution in [2.45, 2.75) is 44.1 Å². The maximum absolute atomic E-state index is 5.43. The van der Waals surface area contributed by atoms with E-state index < -0.39 is 0 Å². The van der Waals surface area contributed by atoms with Crippen LogP contribution >= 0.6 is 0 Å². The zero-order valence-electron chi connectivity index (χ0n) is 14.6. The van der Waals surface area contributed by atoms with Crippen LogP contribution in [0.4, 0.5) is 0 Å². The number of likely N-dealkylation sites (tertiary alicyclic amines) is 1. The van der Waals surface area contributed by atoms with Crippen molar-refractivity contribution in [3.8, 4) is 5.75 Å². The molecule has 0 radical (unpaired) electrons. The topological polar surface area (TPSA) is 12.5 Å². The summed E-state index contributed by atoms with van der Waals surface area (Å²) >= 11 is 0. The number of ether oxygens (including phenoxy) is 1. The summed E-state index contributed by atoms with van der Waals surface area (Å²) in [5, 5.41) is 0. The lowest BCUT2D eigenvalue weighted by molar-refractivity contribution is 0.139. The Labute approximate surface area is 145 Å². The first-order valence-electron chi connectivity index (χ1n) is 9.23. The van der Waals surface area contributed by atoms with E-state index in [0.29, 0.717) is 5.41 Å². The fourth-order valence-electron chi connectivity index (χ4n) is 4.67. The summed E-state index contributed by atoms with van der Waals surface area (Å²) in [7, 11) is 1.77. The summed E-state index contributed by atoms with van der Waals surface area (Å²) in [4.78, 5) is 2.62. The second kappa shape index (κ2) is 6.60. The third-order valence-electron chi connectivity index (χ3n) is 6.05. The fourth-order valence-corrected chi connectivity index (χ4v) is 4.67. The van der Waals surface area contributed by atoms with E-state index in [4.69, 9.17) is 4.74 Å². The monoisotopic (exact) mass is 321 g/mol. The molecule has 1 fully saturated rings. The Kier molecular flexibility index (Phi) is 4.32. The predicted molar refractivity (Wildman–Crippen MR) is 98.6 cm³/mol. The molecular formula is C22H27NO. The van der Waals surface area contributed by atoms with Gasteiger partial charge in [-0.1, -0.05) is 36.4 Å². The second-order valence-electron chi connectivity index (χ2n) is 7.42. The molecule has 1 aliphatic carbocycles. The van der Waals surface area contributed by atoms with Crippen LogP contribution in [0.5, 0.6) is 5.75 Å². The normalized spacial score (nSPS) is 19.9. The third kappa shape index (κ3) is 2.95. The van der Waals surface area contributed by atoms with Crippen molar-refractivity contribution < 1.29 is 4.74 Å². The quantitative estimate of drug-likeness (QED) is 0.821. The Bertz CT molecular complexity index is 686. The molecule has 1 spiro atoms. The molecule has 2 aromatic carbocycles. The van der Waals surface area contributed by atoms with Crippen LogP contribution in [0, 0.1) is 0 Å². The smallest absolute Gasteiger partial charge is 0.119 e. The minimum absolute atomic E-state index is 0.410. The van der Waals surface area contributed by atoms with Crippen molar-refractivity contribution in [3.63, 3.8) is 0 Å². The lowest BCUT2D eigenvalue weighted by atomic mass is 9.65. The van der Waals surface area contributed by atoms with Gasteiger partial charge in [0, 0.05) is 6.54 Å². The molecule has 1 aliphatic heterocycles. The molecule has 2 aromatic rings. The van der Waals surface area contributed by atoms with Gasteiger partial charge in [0.25, 0.3) is 0 Å². The first kappa shape index (κ1) is 15.7. The third-order valence-corrected chi connectivity index (χ3v) is 6.05. The summed E-state index contributed by atoms with van der Waals surface area (Å²) in [5.41, 5.74) is 4.97. The van der Waals surface area contributed by atoms with Crippen molar-refractivity contribution in [2.24, 2.45) is 0 Å². The van der Waals surface area contributed by atoms with E-state index in [1.807, 2.05) is 0 Å². The van der Waals surface area contributed by atoms with Crippen LogP contribution in [0.1, 0.15) is 42.4 Å². The van der Waals surface area contributed by atoms with Gasteiger partial charge in [0.1, 0.15) is 5.75 Å². The molecule has 4 rings (SSSR count). The molecular weight excluding hydrogens is 294 g/mol. The van der Waals surface area contributed by atoms with E-state index in [0.717, 1.165) is 12.3 Å².